The van der Waals surface area contributed by atoms with Crippen LogP contribution in [0.5, 0.6) is 0 Å². The minimum atomic E-state index is -4.12. The maximum Gasteiger partial charge on any atom is 0.264 e. The van der Waals surface area contributed by atoms with Crippen molar-refractivity contribution in [2.24, 2.45) is 0 Å². The molecule has 0 radical (unpaired) electrons. The van der Waals surface area contributed by atoms with Gasteiger partial charge in [-0.05, 0) is 60.7 Å². The smallest absolute Gasteiger partial charge is 0.264 e. The van der Waals surface area contributed by atoms with E-state index in [2.05, 4.69) is 15.0 Å². The molecule has 1 amide bonds. The Morgan fingerprint density at radius 3 is 2.11 bits per heavy atom. The molecule has 0 bridgehead atoms. The van der Waals surface area contributed by atoms with Crippen molar-refractivity contribution in [3.8, 4) is 0 Å². The van der Waals surface area contributed by atoms with Crippen LogP contribution in [0.3, 0.4) is 0 Å². The number of rotatable bonds is 9. The zero-order valence-corrected chi connectivity index (χ0v) is 21.5. The summed E-state index contributed by atoms with van der Waals surface area (Å²) in [7, 11) is -8.00. The van der Waals surface area contributed by atoms with E-state index in [9.17, 15) is 21.6 Å². The van der Waals surface area contributed by atoms with Crippen LogP contribution in [-0.2, 0) is 24.8 Å². The Morgan fingerprint density at radius 1 is 0.784 bits per heavy atom. The summed E-state index contributed by atoms with van der Waals surface area (Å²) >= 11 is 6.27. The fraction of sp³-hybridized carbons (Fsp3) is 0.0400. The molecule has 3 aromatic carbocycles. The highest BCUT2D eigenvalue weighted by Crippen LogP contribution is 2.30. The first-order valence-corrected chi connectivity index (χ1v) is 14.1. The van der Waals surface area contributed by atoms with E-state index in [0.29, 0.717) is 5.69 Å². The van der Waals surface area contributed by atoms with E-state index in [4.69, 9.17) is 11.6 Å². The van der Waals surface area contributed by atoms with Gasteiger partial charge in [-0.2, -0.15) is 0 Å². The molecule has 0 spiro atoms. The highest BCUT2D eigenvalue weighted by Gasteiger charge is 2.28. The summed E-state index contributed by atoms with van der Waals surface area (Å²) in [5.41, 5.74) is 0.729. The topological polar surface area (TPSA) is 126 Å². The summed E-state index contributed by atoms with van der Waals surface area (Å²) in [6, 6.07) is 22.6. The lowest BCUT2D eigenvalue weighted by Gasteiger charge is -2.25. The molecule has 2 N–H and O–H groups in total. The molecule has 0 aliphatic heterocycles. The van der Waals surface area contributed by atoms with Gasteiger partial charge in [0.2, 0.25) is 5.91 Å². The molecule has 190 valence electrons. The SMILES string of the molecule is O=C(CN(c1ccccc1Cl)S(=O)(=O)c1ccccc1)Nc1ccc(S(=O)(=O)Nc2cccnc2)cc1. The number of para-hydroxylation sites is 1. The van der Waals surface area contributed by atoms with Crippen molar-refractivity contribution in [3.63, 3.8) is 0 Å². The molecule has 12 heteroatoms. The molecule has 1 heterocycles. The minimum absolute atomic E-state index is 0.00149. The standard InChI is InChI=1S/C25H21ClN4O5S2/c26-23-10-4-5-11-24(23)30(37(34,35)22-8-2-1-3-9-22)18-25(31)28-19-12-14-21(15-13-19)36(32,33)29-20-7-6-16-27-17-20/h1-17,29H,18H2,(H,28,31). The molecule has 4 aromatic rings. The summed E-state index contributed by atoms with van der Waals surface area (Å²) in [6.45, 7) is -0.566. The monoisotopic (exact) mass is 556 g/mol. The van der Waals surface area contributed by atoms with Crippen molar-refractivity contribution in [2.75, 3.05) is 20.9 Å². The number of nitrogens with zero attached hydrogens (tertiary/aromatic N) is 2. The van der Waals surface area contributed by atoms with Crippen LogP contribution in [0.25, 0.3) is 0 Å². The van der Waals surface area contributed by atoms with Gasteiger partial charge in [-0.25, -0.2) is 16.8 Å². The first kappa shape index (κ1) is 26.1. The molecule has 9 nitrogen and oxygen atoms in total. The van der Waals surface area contributed by atoms with Crippen molar-refractivity contribution in [1.82, 2.24) is 4.98 Å². The number of sulfonamides is 2. The van der Waals surface area contributed by atoms with Gasteiger partial charge in [0.05, 0.1) is 32.4 Å². The Labute approximate surface area is 219 Å². The second-order valence-corrected chi connectivity index (χ2v) is 11.6. The Bertz CT molecular complexity index is 1600. The van der Waals surface area contributed by atoms with Gasteiger partial charge in [-0.15, -0.1) is 0 Å². The van der Waals surface area contributed by atoms with E-state index in [-0.39, 0.29) is 26.2 Å². The van der Waals surface area contributed by atoms with Crippen molar-refractivity contribution in [1.29, 1.82) is 0 Å². The molecule has 0 saturated heterocycles. The van der Waals surface area contributed by atoms with Crippen LogP contribution >= 0.6 is 11.6 Å². The molecular weight excluding hydrogens is 536 g/mol. The molecule has 0 aliphatic rings. The first-order valence-electron chi connectivity index (χ1n) is 10.8. The lowest BCUT2D eigenvalue weighted by atomic mass is 10.3. The summed E-state index contributed by atoms with van der Waals surface area (Å²) in [4.78, 5) is 16.7. The number of hydrogen-bond acceptors (Lipinski definition) is 6. The van der Waals surface area contributed by atoms with E-state index >= 15 is 0 Å². The van der Waals surface area contributed by atoms with Gasteiger partial charge in [0.1, 0.15) is 6.54 Å². The molecule has 0 unspecified atom stereocenters. The largest absolute Gasteiger partial charge is 0.325 e. The number of carbonyl (C=O) groups excluding carboxylic acids is 1. The molecule has 0 atom stereocenters. The van der Waals surface area contributed by atoms with E-state index in [1.807, 2.05) is 0 Å². The average Bonchev–Trinajstić information content (AvgIpc) is 2.89. The van der Waals surface area contributed by atoms with Crippen LogP contribution in [-0.4, -0.2) is 34.3 Å². The summed E-state index contributed by atoms with van der Waals surface area (Å²) < 4.78 is 55.3. The third-order valence-electron chi connectivity index (χ3n) is 5.10. The molecule has 37 heavy (non-hydrogen) atoms. The predicted molar refractivity (Wildman–Crippen MR) is 143 cm³/mol. The van der Waals surface area contributed by atoms with Crippen molar-refractivity contribution >= 4 is 54.6 Å². The first-order chi connectivity index (χ1) is 17.7. The third-order valence-corrected chi connectivity index (χ3v) is 8.59. The number of anilines is 3. The summed E-state index contributed by atoms with van der Waals surface area (Å²) in [5.74, 6) is -0.650. The second-order valence-electron chi connectivity index (χ2n) is 7.70. The highest BCUT2D eigenvalue weighted by molar-refractivity contribution is 7.93. The second kappa shape index (κ2) is 11.0. The molecule has 0 fully saturated rings. The number of hydrogen-bond donors (Lipinski definition) is 2. The maximum absolute atomic E-state index is 13.4. The van der Waals surface area contributed by atoms with E-state index in [1.54, 1.807) is 42.5 Å². The van der Waals surface area contributed by atoms with Crippen molar-refractivity contribution < 1.29 is 21.6 Å². The van der Waals surface area contributed by atoms with Crippen molar-refractivity contribution in [2.45, 2.75) is 9.79 Å². The van der Waals surface area contributed by atoms with Crippen molar-refractivity contribution in [3.05, 3.63) is 108 Å². The number of amides is 1. The van der Waals surface area contributed by atoms with Gasteiger partial charge in [-0.3, -0.25) is 18.8 Å². The number of aromatic nitrogens is 1. The van der Waals surface area contributed by atoms with Crippen LogP contribution < -0.4 is 14.3 Å². The molecule has 1 aromatic heterocycles. The Kier molecular flexibility index (Phi) is 7.77. The van der Waals surface area contributed by atoms with Gasteiger partial charge < -0.3 is 5.32 Å². The average molecular weight is 557 g/mol. The number of nitrogens with one attached hydrogen (secondary N) is 2. The van der Waals surface area contributed by atoms with Gasteiger partial charge in [0, 0.05) is 11.9 Å². The third kappa shape index (κ3) is 6.26. The zero-order valence-electron chi connectivity index (χ0n) is 19.2. The van der Waals surface area contributed by atoms with Gasteiger partial charge in [0.15, 0.2) is 0 Å². The fourth-order valence-electron chi connectivity index (χ4n) is 3.36. The molecular formula is C25H21ClN4O5S2. The van der Waals surface area contributed by atoms with E-state index in [0.717, 1.165) is 4.31 Å². The van der Waals surface area contributed by atoms with E-state index < -0.39 is 32.5 Å². The Hall–Kier alpha value is -3.93. The fourth-order valence-corrected chi connectivity index (χ4v) is 6.15. The normalized spacial score (nSPS) is 11.5. The predicted octanol–water partition coefficient (Wildman–Crippen LogP) is 4.37. The summed E-state index contributed by atoms with van der Waals surface area (Å²) in [5, 5.41) is 2.76. The van der Waals surface area contributed by atoms with Gasteiger partial charge in [0.25, 0.3) is 20.0 Å². The van der Waals surface area contributed by atoms with E-state index in [1.165, 1.54) is 60.9 Å². The molecule has 0 aliphatic carbocycles. The summed E-state index contributed by atoms with van der Waals surface area (Å²) in [6.07, 6.45) is 2.90. The molecule has 4 rings (SSSR count). The zero-order chi connectivity index (χ0) is 26.5. The Morgan fingerprint density at radius 2 is 1.46 bits per heavy atom. The quantitative estimate of drug-likeness (QED) is 0.315. The lowest BCUT2D eigenvalue weighted by Crippen LogP contribution is -2.38. The number of carbonyl (C=O) groups is 1. The maximum atomic E-state index is 13.4. The van der Waals surface area contributed by atoms with Gasteiger partial charge >= 0.3 is 0 Å². The van der Waals surface area contributed by atoms with Crippen LogP contribution in [0.2, 0.25) is 5.02 Å². The number of pyridine rings is 1. The van der Waals surface area contributed by atoms with Crippen LogP contribution in [0.4, 0.5) is 17.1 Å². The highest BCUT2D eigenvalue weighted by atomic mass is 35.5. The van der Waals surface area contributed by atoms with Crippen LogP contribution in [0.1, 0.15) is 0 Å². The number of benzene rings is 3. The Balaban J connectivity index is 1.53. The number of halogens is 1. The van der Waals surface area contributed by atoms with Crippen LogP contribution in [0, 0.1) is 0 Å². The lowest BCUT2D eigenvalue weighted by molar-refractivity contribution is -0.114. The minimum Gasteiger partial charge on any atom is -0.325 e. The van der Waals surface area contributed by atoms with Crippen LogP contribution in [0.15, 0.2) is 113 Å². The van der Waals surface area contributed by atoms with Gasteiger partial charge in [-0.1, -0.05) is 41.9 Å². The molecule has 0 saturated carbocycles.